The number of rotatable bonds is 4. The van der Waals surface area contributed by atoms with Crippen molar-refractivity contribution in [3.8, 4) is 0 Å². The van der Waals surface area contributed by atoms with Gasteiger partial charge in [-0.25, -0.2) is 9.59 Å². The highest BCUT2D eigenvalue weighted by atomic mass is 16.6. The van der Waals surface area contributed by atoms with E-state index in [1.165, 1.54) is 0 Å². The van der Waals surface area contributed by atoms with Crippen LogP contribution in [0.2, 0.25) is 0 Å². The Hall–Kier alpha value is -1.26. The molecule has 17 heavy (non-hydrogen) atoms. The zero-order chi connectivity index (χ0) is 13.1. The Balaban J connectivity index is 2.23. The van der Waals surface area contributed by atoms with Gasteiger partial charge in [0, 0.05) is 0 Å². The molecule has 1 rings (SSSR count). The molecule has 0 unspecified atom stereocenters. The van der Waals surface area contributed by atoms with Crippen molar-refractivity contribution in [2.24, 2.45) is 5.92 Å². The summed E-state index contributed by atoms with van der Waals surface area (Å²) in [5, 5.41) is 2.44. The third-order valence-corrected chi connectivity index (χ3v) is 2.25. The first kappa shape index (κ1) is 13.8. The van der Waals surface area contributed by atoms with Crippen LogP contribution in [0.1, 0.15) is 40.5 Å². The number of alkyl carbamates (subject to hydrolysis) is 1. The number of nitrogens with one attached hydrogen (secondary N) is 1. The Labute approximate surface area is 102 Å². The van der Waals surface area contributed by atoms with E-state index in [1.54, 1.807) is 27.7 Å². The number of amides is 1. The van der Waals surface area contributed by atoms with Gasteiger partial charge in [-0.05, 0) is 46.5 Å². The Morgan fingerprint density at radius 2 is 1.94 bits per heavy atom. The van der Waals surface area contributed by atoms with Crippen molar-refractivity contribution < 1.29 is 19.1 Å². The number of hydrogen-bond acceptors (Lipinski definition) is 4. The van der Waals surface area contributed by atoms with Crippen LogP contribution in [0.5, 0.6) is 0 Å². The summed E-state index contributed by atoms with van der Waals surface area (Å²) < 4.78 is 10.1. The molecule has 0 heterocycles. The van der Waals surface area contributed by atoms with Crippen LogP contribution in [0, 0.1) is 5.92 Å². The highest BCUT2D eigenvalue weighted by Gasteiger charge is 2.26. The SMILES string of the molecule is C[C@H](NC(=O)OC(C)(C)C)C(=O)OCC1CC1. The lowest BCUT2D eigenvalue weighted by Crippen LogP contribution is -2.42. The highest BCUT2D eigenvalue weighted by molar-refractivity contribution is 5.81. The minimum Gasteiger partial charge on any atom is -0.464 e. The van der Waals surface area contributed by atoms with Gasteiger partial charge in [-0.3, -0.25) is 0 Å². The van der Waals surface area contributed by atoms with E-state index in [0.717, 1.165) is 12.8 Å². The molecule has 1 fully saturated rings. The Kier molecular flexibility index (Phi) is 4.37. The normalized spacial score (nSPS) is 17.2. The average molecular weight is 243 g/mol. The summed E-state index contributed by atoms with van der Waals surface area (Å²) in [6.45, 7) is 7.34. The molecule has 0 bridgehead atoms. The van der Waals surface area contributed by atoms with E-state index in [4.69, 9.17) is 9.47 Å². The molecule has 0 saturated heterocycles. The van der Waals surface area contributed by atoms with E-state index < -0.39 is 23.7 Å². The molecule has 5 nitrogen and oxygen atoms in total. The zero-order valence-electron chi connectivity index (χ0n) is 10.9. The van der Waals surface area contributed by atoms with Crippen molar-refractivity contribution in [2.45, 2.75) is 52.2 Å². The lowest BCUT2D eigenvalue weighted by atomic mass is 10.2. The van der Waals surface area contributed by atoms with Crippen molar-refractivity contribution in [1.82, 2.24) is 5.32 Å². The Bertz CT molecular complexity index is 291. The van der Waals surface area contributed by atoms with Crippen LogP contribution in [-0.4, -0.2) is 30.3 Å². The minimum atomic E-state index is -0.677. The molecule has 0 aromatic heterocycles. The second-order valence-corrected chi connectivity index (χ2v) is 5.44. The van der Waals surface area contributed by atoms with Crippen LogP contribution in [0.4, 0.5) is 4.79 Å². The van der Waals surface area contributed by atoms with Gasteiger partial charge in [0.1, 0.15) is 11.6 Å². The molecule has 1 aliphatic rings. The molecular formula is C12H21NO4. The van der Waals surface area contributed by atoms with Gasteiger partial charge in [-0.1, -0.05) is 0 Å². The number of carbonyl (C=O) groups is 2. The topological polar surface area (TPSA) is 64.6 Å². The summed E-state index contributed by atoms with van der Waals surface area (Å²) in [7, 11) is 0. The predicted octanol–water partition coefficient (Wildman–Crippen LogP) is 1.85. The summed E-state index contributed by atoms with van der Waals surface area (Å²) in [6, 6.07) is -0.677. The standard InChI is InChI=1S/C12H21NO4/c1-8(10(14)16-7-9-5-6-9)13-11(15)17-12(2,3)4/h8-9H,5-7H2,1-4H3,(H,13,15)/t8-/m0/s1. The maximum atomic E-state index is 11.5. The van der Waals surface area contributed by atoms with Crippen LogP contribution in [0.3, 0.4) is 0 Å². The molecule has 0 aromatic rings. The molecule has 5 heteroatoms. The molecule has 98 valence electrons. The second-order valence-electron chi connectivity index (χ2n) is 5.44. The smallest absolute Gasteiger partial charge is 0.408 e. The van der Waals surface area contributed by atoms with E-state index in [1.807, 2.05) is 0 Å². The van der Waals surface area contributed by atoms with Gasteiger partial charge in [0.25, 0.3) is 0 Å². The van der Waals surface area contributed by atoms with E-state index in [9.17, 15) is 9.59 Å². The third kappa shape index (κ3) is 6.14. The Morgan fingerprint density at radius 3 is 2.41 bits per heavy atom. The maximum Gasteiger partial charge on any atom is 0.408 e. The summed E-state index contributed by atoms with van der Waals surface area (Å²) in [6.07, 6.45) is 1.65. The zero-order valence-corrected chi connectivity index (χ0v) is 10.9. The molecule has 1 aliphatic carbocycles. The largest absolute Gasteiger partial charge is 0.464 e. The van der Waals surface area contributed by atoms with Gasteiger partial charge in [-0.2, -0.15) is 0 Å². The molecular weight excluding hydrogens is 222 g/mol. The summed E-state index contributed by atoms with van der Waals surface area (Å²) >= 11 is 0. The molecule has 1 amide bonds. The summed E-state index contributed by atoms with van der Waals surface area (Å²) in [5.41, 5.74) is -0.568. The fourth-order valence-corrected chi connectivity index (χ4v) is 1.15. The summed E-state index contributed by atoms with van der Waals surface area (Å²) in [5.74, 6) is 0.107. The van der Waals surface area contributed by atoms with E-state index in [0.29, 0.717) is 12.5 Å². The average Bonchev–Trinajstić information content (AvgIpc) is 2.93. The van der Waals surface area contributed by atoms with E-state index in [2.05, 4.69) is 5.32 Å². The fourth-order valence-electron chi connectivity index (χ4n) is 1.15. The predicted molar refractivity (Wildman–Crippen MR) is 62.5 cm³/mol. The van der Waals surface area contributed by atoms with Crippen molar-refractivity contribution in [3.63, 3.8) is 0 Å². The van der Waals surface area contributed by atoms with Gasteiger partial charge in [0.15, 0.2) is 0 Å². The number of carbonyl (C=O) groups excluding carboxylic acids is 2. The third-order valence-electron chi connectivity index (χ3n) is 2.25. The first-order valence-electron chi connectivity index (χ1n) is 5.94. The van der Waals surface area contributed by atoms with Crippen LogP contribution >= 0.6 is 0 Å². The molecule has 1 N–H and O–H groups in total. The van der Waals surface area contributed by atoms with Crippen molar-refractivity contribution in [2.75, 3.05) is 6.61 Å². The highest BCUT2D eigenvalue weighted by Crippen LogP contribution is 2.28. The van der Waals surface area contributed by atoms with Crippen molar-refractivity contribution in [3.05, 3.63) is 0 Å². The number of esters is 1. The second kappa shape index (κ2) is 5.38. The molecule has 1 atom stereocenters. The van der Waals surface area contributed by atoms with Crippen LogP contribution in [0.15, 0.2) is 0 Å². The molecule has 0 spiro atoms. The van der Waals surface area contributed by atoms with Crippen molar-refractivity contribution in [1.29, 1.82) is 0 Å². The number of ether oxygens (including phenoxy) is 2. The lowest BCUT2D eigenvalue weighted by Gasteiger charge is -2.21. The van der Waals surface area contributed by atoms with Crippen LogP contribution in [0.25, 0.3) is 0 Å². The number of hydrogen-bond donors (Lipinski definition) is 1. The van der Waals surface area contributed by atoms with Gasteiger partial charge in [0.2, 0.25) is 0 Å². The minimum absolute atomic E-state index is 0.414. The van der Waals surface area contributed by atoms with Gasteiger partial charge < -0.3 is 14.8 Å². The van der Waals surface area contributed by atoms with Crippen LogP contribution in [-0.2, 0) is 14.3 Å². The lowest BCUT2D eigenvalue weighted by molar-refractivity contribution is -0.146. The first-order valence-corrected chi connectivity index (χ1v) is 5.94. The molecule has 0 aliphatic heterocycles. The summed E-state index contributed by atoms with van der Waals surface area (Å²) in [4.78, 5) is 22.9. The fraction of sp³-hybridized carbons (Fsp3) is 0.833. The molecule has 0 radical (unpaired) electrons. The van der Waals surface area contributed by atoms with Crippen LogP contribution < -0.4 is 5.32 Å². The molecule has 0 aromatic carbocycles. The van der Waals surface area contributed by atoms with E-state index >= 15 is 0 Å². The van der Waals surface area contributed by atoms with Gasteiger partial charge >= 0.3 is 12.1 Å². The first-order chi connectivity index (χ1) is 7.78. The quantitative estimate of drug-likeness (QED) is 0.765. The monoisotopic (exact) mass is 243 g/mol. The molecule has 1 saturated carbocycles. The van der Waals surface area contributed by atoms with Gasteiger partial charge in [-0.15, -0.1) is 0 Å². The van der Waals surface area contributed by atoms with Gasteiger partial charge in [0.05, 0.1) is 6.61 Å². The van der Waals surface area contributed by atoms with Crippen molar-refractivity contribution >= 4 is 12.1 Å². The maximum absolute atomic E-state index is 11.5. The Morgan fingerprint density at radius 1 is 1.35 bits per heavy atom. The van der Waals surface area contributed by atoms with E-state index in [-0.39, 0.29) is 0 Å².